The van der Waals surface area contributed by atoms with E-state index in [0.29, 0.717) is 6.42 Å². The molecule has 0 fully saturated rings. The number of carboxylic acid groups (broad SMARTS) is 1. The lowest BCUT2D eigenvalue weighted by Crippen LogP contribution is -2.60. The molecule has 6 atom stereocenters. The Morgan fingerprint density at radius 3 is 1.36 bits per heavy atom. The second kappa shape index (κ2) is 23.0. The molecule has 0 heterocycles. The summed E-state index contributed by atoms with van der Waals surface area (Å²) >= 11 is 0. The van der Waals surface area contributed by atoms with Gasteiger partial charge in [-0.25, -0.2) is 0 Å². The van der Waals surface area contributed by atoms with Crippen LogP contribution in [0, 0.1) is 17.8 Å². The summed E-state index contributed by atoms with van der Waals surface area (Å²) in [5, 5.41) is 34.1. The molecule has 0 saturated carbocycles. The number of guanidine groups is 1. The number of carbonyl (C=O) groups is 7. The highest BCUT2D eigenvalue weighted by Crippen LogP contribution is 2.12. The molecule has 0 radical (unpaired) electrons. The first kappa shape index (κ1) is 45.5. The van der Waals surface area contributed by atoms with E-state index in [0.717, 1.165) is 0 Å². The van der Waals surface area contributed by atoms with Crippen molar-refractivity contribution in [3.8, 4) is 0 Å². The van der Waals surface area contributed by atoms with Crippen molar-refractivity contribution in [1.29, 1.82) is 0 Å². The normalized spacial score (nSPS) is 14.7. The molecule has 6 amide bonds. The number of aliphatic carboxylic acids is 1. The summed E-state index contributed by atoms with van der Waals surface area (Å²) in [5.41, 5.74) is 10.7. The molecular weight excluding hydrogens is 654 g/mol. The second-order valence-corrected chi connectivity index (χ2v) is 13.6. The highest BCUT2D eigenvalue weighted by molar-refractivity contribution is 5.96. The number of amides is 6. The standard InChI is InChI=1S/C32H59N9O9/c1-16(2)12-22(38-27(46)21(37-20(8)43)10-9-11-35-32(33)34)28(47)39-23(13-17(3)4)29(48)40-24(14-18(5)6)30(49)41-26(19(7)42)31(50)36-15-25(44)45/h16-19,21-24,26,42H,9-15H2,1-8H3,(H,36,50)(H,37,43)(H,38,46)(H,39,47)(H,40,48)(H,41,49)(H,44,45)(H4,33,34,35)/t19-,21+,22+,23+,24+,26+/m1/s1. The average molecular weight is 714 g/mol. The first-order valence-corrected chi connectivity index (χ1v) is 16.9. The number of aliphatic hydroxyl groups excluding tert-OH is 1. The molecule has 12 N–H and O–H groups in total. The molecule has 0 aliphatic carbocycles. The van der Waals surface area contributed by atoms with Crippen molar-refractivity contribution in [2.75, 3.05) is 13.1 Å². The van der Waals surface area contributed by atoms with Crippen LogP contribution >= 0.6 is 0 Å². The van der Waals surface area contributed by atoms with Gasteiger partial charge >= 0.3 is 5.97 Å². The van der Waals surface area contributed by atoms with Gasteiger partial charge in [-0.15, -0.1) is 0 Å². The van der Waals surface area contributed by atoms with Gasteiger partial charge < -0.3 is 53.6 Å². The van der Waals surface area contributed by atoms with Gasteiger partial charge in [0, 0.05) is 13.5 Å². The van der Waals surface area contributed by atoms with Crippen molar-refractivity contribution in [3.05, 3.63) is 0 Å². The summed E-state index contributed by atoms with van der Waals surface area (Å²) in [6.07, 6.45) is -0.339. The first-order chi connectivity index (χ1) is 23.1. The fraction of sp³-hybridized carbons (Fsp3) is 0.750. The predicted octanol–water partition coefficient (Wildman–Crippen LogP) is -1.80. The molecule has 0 rings (SSSR count). The van der Waals surface area contributed by atoms with Gasteiger partial charge in [-0.1, -0.05) is 41.5 Å². The monoisotopic (exact) mass is 713 g/mol. The van der Waals surface area contributed by atoms with E-state index in [4.69, 9.17) is 16.6 Å². The Bertz CT molecular complexity index is 1190. The van der Waals surface area contributed by atoms with Crippen LogP contribution in [0.1, 0.15) is 87.5 Å². The summed E-state index contributed by atoms with van der Waals surface area (Å²) in [6.45, 7) is 13.0. The molecular formula is C32H59N9O9. The van der Waals surface area contributed by atoms with E-state index in [-0.39, 0.29) is 55.9 Å². The third-order valence-corrected chi connectivity index (χ3v) is 7.14. The third-order valence-electron chi connectivity index (χ3n) is 7.14. The van der Waals surface area contributed by atoms with Gasteiger partial charge in [0.2, 0.25) is 35.4 Å². The summed E-state index contributed by atoms with van der Waals surface area (Å²) in [7, 11) is 0. The summed E-state index contributed by atoms with van der Waals surface area (Å²) < 4.78 is 0. The van der Waals surface area contributed by atoms with Crippen LogP contribution < -0.4 is 43.4 Å². The minimum absolute atomic E-state index is 0.0572. The van der Waals surface area contributed by atoms with E-state index in [1.165, 1.54) is 13.8 Å². The highest BCUT2D eigenvalue weighted by Gasteiger charge is 2.34. The predicted molar refractivity (Wildman–Crippen MR) is 186 cm³/mol. The molecule has 18 nitrogen and oxygen atoms in total. The van der Waals surface area contributed by atoms with Crippen molar-refractivity contribution in [3.63, 3.8) is 0 Å². The summed E-state index contributed by atoms with van der Waals surface area (Å²) in [6, 6.07) is -5.89. The maximum atomic E-state index is 13.7. The van der Waals surface area contributed by atoms with Crippen LogP contribution in [0.25, 0.3) is 0 Å². The van der Waals surface area contributed by atoms with Gasteiger partial charge in [0.15, 0.2) is 5.96 Å². The van der Waals surface area contributed by atoms with E-state index in [9.17, 15) is 38.7 Å². The quantitative estimate of drug-likeness (QED) is 0.0320. The molecule has 0 bridgehead atoms. The van der Waals surface area contributed by atoms with Crippen LogP contribution in [0.3, 0.4) is 0 Å². The van der Waals surface area contributed by atoms with Gasteiger partial charge in [0.1, 0.15) is 36.8 Å². The zero-order chi connectivity index (χ0) is 38.7. The average Bonchev–Trinajstić information content (AvgIpc) is 2.97. The van der Waals surface area contributed by atoms with Crippen LogP contribution in [0.15, 0.2) is 4.99 Å². The number of nitrogens with zero attached hydrogens (tertiary/aromatic N) is 1. The Morgan fingerprint density at radius 1 is 0.620 bits per heavy atom. The minimum atomic E-state index is -1.51. The molecule has 286 valence electrons. The first-order valence-electron chi connectivity index (χ1n) is 16.9. The zero-order valence-corrected chi connectivity index (χ0v) is 30.5. The van der Waals surface area contributed by atoms with E-state index >= 15 is 0 Å². The summed E-state index contributed by atoms with van der Waals surface area (Å²) in [4.78, 5) is 93.1. The van der Waals surface area contributed by atoms with Crippen LogP contribution in [-0.2, 0) is 33.6 Å². The van der Waals surface area contributed by atoms with Crippen molar-refractivity contribution in [1.82, 2.24) is 31.9 Å². The highest BCUT2D eigenvalue weighted by atomic mass is 16.4. The number of hydrogen-bond donors (Lipinski definition) is 10. The Labute approximate surface area is 294 Å². The van der Waals surface area contributed by atoms with Gasteiger partial charge in [0.05, 0.1) is 6.10 Å². The Kier molecular flexibility index (Phi) is 21.0. The fourth-order valence-corrected chi connectivity index (χ4v) is 4.88. The summed E-state index contributed by atoms with van der Waals surface area (Å²) in [5.74, 6) is -5.82. The number of aliphatic hydroxyl groups is 1. The topological polar surface area (TPSA) is 297 Å². The van der Waals surface area contributed by atoms with Gasteiger partial charge in [-0.05, 0) is 56.8 Å². The Morgan fingerprint density at radius 2 is 1.02 bits per heavy atom. The number of carboxylic acids is 1. The molecule has 18 heteroatoms. The number of nitrogens with one attached hydrogen (secondary N) is 6. The van der Waals surface area contributed by atoms with E-state index in [2.05, 4.69) is 36.9 Å². The number of carbonyl (C=O) groups excluding carboxylic acids is 6. The lowest BCUT2D eigenvalue weighted by Gasteiger charge is -2.29. The van der Waals surface area contributed by atoms with Gasteiger partial charge in [-0.3, -0.25) is 38.6 Å². The molecule has 0 aliphatic rings. The maximum absolute atomic E-state index is 13.7. The van der Waals surface area contributed by atoms with E-state index < -0.39 is 84.3 Å². The van der Waals surface area contributed by atoms with E-state index in [1.54, 1.807) is 13.8 Å². The molecule has 0 unspecified atom stereocenters. The molecule has 0 saturated heterocycles. The number of aliphatic imine (C=N–C) groups is 1. The lowest BCUT2D eigenvalue weighted by atomic mass is 9.98. The SMILES string of the molecule is CC(=O)N[C@@H](CCCN=C(N)N)C(=O)N[C@@H](CC(C)C)C(=O)N[C@@H](CC(C)C)C(=O)N[C@@H](CC(C)C)C(=O)N[C@H](C(=O)NCC(=O)O)[C@@H](C)O. The van der Waals surface area contributed by atoms with Crippen molar-refractivity contribution < 1.29 is 43.8 Å². The smallest absolute Gasteiger partial charge is 0.322 e. The zero-order valence-electron chi connectivity index (χ0n) is 30.5. The molecule has 0 aromatic rings. The Hall–Kier alpha value is -4.48. The molecule has 50 heavy (non-hydrogen) atoms. The van der Waals surface area contributed by atoms with Gasteiger partial charge in [-0.2, -0.15) is 0 Å². The van der Waals surface area contributed by atoms with Crippen LogP contribution in [-0.4, -0.2) is 107 Å². The van der Waals surface area contributed by atoms with Crippen LogP contribution in [0.2, 0.25) is 0 Å². The molecule has 0 aromatic carbocycles. The number of nitrogens with two attached hydrogens (primary N) is 2. The van der Waals surface area contributed by atoms with E-state index in [1.807, 2.05) is 27.7 Å². The van der Waals surface area contributed by atoms with Crippen molar-refractivity contribution in [2.24, 2.45) is 34.2 Å². The van der Waals surface area contributed by atoms with Crippen molar-refractivity contribution >= 4 is 47.4 Å². The number of hydrogen-bond acceptors (Lipinski definition) is 9. The molecule has 0 aliphatic heterocycles. The third kappa shape index (κ3) is 19.5. The fourth-order valence-electron chi connectivity index (χ4n) is 4.88. The molecule has 0 spiro atoms. The lowest BCUT2D eigenvalue weighted by molar-refractivity contribution is -0.139. The Balaban J connectivity index is 6.09. The maximum Gasteiger partial charge on any atom is 0.322 e. The largest absolute Gasteiger partial charge is 0.480 e. The second-order valence-electron chi connectivity index (χ2n) is 13.6. The van der Waals surface area contributed by atoms with Crippen LogP contribution in [0.5, 0.6) is 0 Å². The number of rotatable bonds is 23. The van der Waals surface area contributed by atoms with Crippen molar-refractivity contribution in [2.45, 2.75) is 124 Å². The molecule has 0 aromatic heterocycles. The van der Waals surface area contributed by atoms with Gasteiger partial charge in [0.25, 0.3) is 0 Å². The minimum Gasteiger partial charge on any atom is -0.480 e. The van der Waals surface area contributed by atoms with Crippen LogP contribution in [0.4, 0.5) is 0 Å².